The number of halogens is 2. The van der Waals surface area contributed by atoms with Crippen LogP contribution in [0.25, 0.3) is 6.08 Å². The maximum atomic E-state index is 12.8. The van der Waals surface area contributed by atoms with Gasteiger partial charge in [0.15, 0.2) is 0 Å². The predicted molar refractivity (Wildman–Crippen MR) is 138 cm³/mol. The van der Waals surface area contributed by atoms with E-state index in [0.717, 1.165) is 18.4 Å². The number of carbonyl (C=O) groups excluding carboxylic acids is 1. The van der Waals surface area contributed by atoms with Crippen molar-refractivity contribution in [3.63, 3.8) is 0 Å². The summed E-state index contributed by atoms with van der Waals surface area (Å²) in [5.74, 6) is 0.0712. The van der Waals surface area contributed by atoms with Crippen LogP contribution in [-0.2, 0) is 14.9 Å². The number of hydrogen-bond acceptors (Lipinski definition) is 3. The first kappa shape index (κ1) is 27.0. The summed E-state index contributed by atoms with van der Waals surface area (Å²) < 4.78 is 10.8. The van der Waals surface area contributed by atoms with E-state index in [1.54, 1.807) is 25.3 Å². The van der Waals surface area contributed by atoms with E-state index in [1.807, 2.05) is 12.2 Å². The van der Waals surface area contributed by atoms with Crippen LogP contribution in [0.5, 0.6) is 0 Å². The van der Waals surface area contributed by atoms with Gasteiger partial charge in [-0.1, -0.05) is 86.1 Å². The molecule has 1 N–H and O–H groups in total. The first-order valence-electron chi connectivity index (χ1n) is 11.1. The lowest BCUT2D eigenvalue weighted by molar-refractivity contribution is 0.0930. The molecule has 0 aliphatic carbocycles. The average Bonchev–Trinajstić information content (AvgIpc) is 2.82. The number of benzene rings is 2. The number of methoxy groups -OCH3 is 2. The first-order chi connectivity index (χ1) is 15.8. The largest absolute Gasteiger partial charge is 0.500 e. The Hall–Kier alpha value is -2.27. The van der Waals surface area contributed by atoms with Crippen LogP contribution in [0.4, 0.5) is 0 Å². The third-order valence-corrected chi connectivity index (χ3v) is 6.76. The van der Waals surface area contributed by atoms with Gasteiger partial charge in [-0.3, -0.25) is 4.79 Å². The zero-order valence-corrected chi connectivity index (χ0v) is 21.3. The van der Waals surface area contributed by atoms with Crippen LogP contribution < -0.4 is 5.32 Å². The van der Waals surface area contributed by atoms with Gasteiger partial charge in [-0.2, -0.15) is 0 Å². The van der Waals surface area contributed by atoms with E-state index in [-0.39, 0.29) is 16.9 Å². The molecule has 4 nitrogen and oxygen atoms in total. The minimum absolute atomic E-state index is 0.0303. The van der Waals surface area contributed by atoms with Gasteiger partial charge < -0.3 is 14.8 Å². The molecule has 0 saturated heterocycles. The third-order valence-electron chi connectivity index (χ3n) is 6.13. The maximum Gasteiger partial charge on any atom is 0.254 e. The Kier molecular flexibility index (Phi) is 10.5. The second kappa shape index (κ2) is 12.8. The van der Waals surface area contributed by atoms with E-state index >= 15 is 0 Å². The molecule has 0 radical (unpaired) electrons. The lowest BCUT2D eigenvalue weighted by Gasteiger charge is -2.31. The Morgan fingerprint density at radius 2 is 1.70 bits per heavy atom. The molecule has 1 amide bonds. The standard InChI is InChI=1S/C27H33Cl2NO3/c1-6-27(7-2,18-32-4)21-16-14-20(15-17-21)10-8-13-24(19(3)33-5)30-26(31)25-22(28)11-9-12-23(25)29/h8-12,14-17,24H,3,6-7,13,18H2,1-2,4-5H3,(H,30,31)/b10-8+. The fourth-order valence-electron chi connectivity index (χ4n) is 3.87. The van der Waals surface area contributed by atoms with Gasteiger partial charge in [0, 0.05) is 12.5 Å². The van der Waals surface area contributed by atoms with Crippen LogP contribution in [-0.4, -0.2) is 32.8 Å². The summed E-state index contributed by atoms with van der Waals surface area (Å²) in [5, 5.41) is 3.50. The number of hydrogen-bond donors (Lipinski definition) is 1. The first-order valence-corrected chi connectivity index (χ1v) is 11.8. The van der Waals surface area contributed by atoms with Crippen molar-refractivity contribution in [1.82, 2.24) is 5.32 Å². The molecule has 1 unspecified atom stereocenters. The summed E-state index contributed by atoms with van der Waals surface area (Å²) in [7, 11) is 3.28. The predicted octanol–water partition coefficient (Wildman–Crippen LogP) is 7.06. The molecule has 0 aromatic heterocycles. The van der Waals surface area contributed by atoms with Gasteiger partial charge in [-0.05, 0) is 42.5 Å². The maximum absolute atomic E-state index is 12.8. The Bertz CT molecular complexity index is 946. The lowest BCUT2D eigenvalue weighted by atomic mass is 9.76. The van der Waals surface area contributed by atoms with Crippen molar-refractivity contribution in [2.45, 2.75) is 44.6 Å². The van der Waals surface area contributed by atoms with Crippen molar-refractivity contribution >= 4 is 35.2 Å². The smallest absolute Gasteiger partial charge is 0.254 e. The Balaban J connectivity index is 2.12. The molecular weight excluding hydrogens is 457 g/mol. The zero-order valence-electron chi connectivity index (χ0n) is 19.8. The summed E-state index contributed by atoms with van der Waals surface area (Å²) in [4.78, 5) is 12.8. The van der Waals surface area contributed by atoms with Crippen LogP contribution in [0.2, 0.25) is 10.0 Å². The van der Waals surface area contributed by atoms with E-state index in [2.05, 4.69) is 50.0 Å². The number of nitrogens with one attached hydrogen (secondary N) is 1. The summed E-state index contributed by atoms with van der Waals surface area (Å²) in [6.07, 6.45) is 6.54. The third kappa shape index (κ3) is 6.86. The van der Waals surface area contributed by atoms with Crippen molar-refractivity contribution in [2.24, 2.45) is 0 Å². The van der Waals surface area contributed by atoms with Crippen LogP contribution >= 0.6 is 23.2 Å². The minimum atomic E-state index is -0.431. The Morgan fingerprint density at radius 3 is 2.21 bits per heavy atom. The number of amides is 1. The van der Waals surface area contributed by atoms with Crippen LogP contribution in [0, 0.1) is 0 Å². The van der Waals surface area contributed by atoms with Gasteiger partial charge in [-0.15, -0.1) is 0 Å². The van der Waals surface area contributed by atoms with Crippen molar-refractivity contribution in [1.29, 1.82) is 0 Å². The number of ether oxygens (including phenoxy) is 2. The topological polar surface area (TPSA) is 47.6 Å². The molecular formula is C27H33Cl2NO3. The van der Waals surface area contributed by atoms with E-state index in [1.165, 1.54) is 12.7 Å². The van der Waals surface area contributed by atoms with Gasteiger partial charge in [0.25, 0.3) is 5.91 Å². The molecule has 1 atom stereocenters. The van der Waals surface area contributed by atoms with E-state index < -0.39 is 6.04 Å². The molecule has 0 bridgehead atoms. The molecule has 178 valence electrons. The normalized spacial score (nSPS) is 12.5. The van der Waals surface area contributed by atoms with Crippen LogP contribution in [0.3, 0.4) is 0 Å². The summed E-state index contributed by atoms with van der Waals surface area (Å²) >= 11 is 12.3. The second-order valence-corrected chi connectivity index (χ2v) is 8.79. The molecule has 2 aromatic rings. The van der Waals surface area contributed by atoms with Crippen molar-refractivity contribution in [2.75, 3.05) is 20.8 Å². The molecule has 2 rings (SSSR count). The summed E-state index contributed by atoms with van der Waals surface area (Å²) in [6.45, 7) is 9.01. The quantitative estimate of drug-likeness (QED) is 0.324. The highest BCUT2D eigenvalue weighted by atomic mass is 35.5. The molecule has 6 heteroatoms. The average molecular weight is 490 g/mol. The highest BCUT2D eigenvalue weighted by Crippen LogP contribution is 2.32. The molecule has 0 aliphatic rings. The zero-order chi connectivity index (χ0) is 24.4. The minimum Gasteiger partial charge on any atom is -0.500 e. The molecule has 0 aliphatic heterocycles. The monoisotopic (exact) mass is 489 g/mol. The lowest BCUT2D eigenvalue weighted by Crippen LogP contribution is -2.36. The summed E-state index contributed by atoms with van der Waals surface area (Å²) in [5.41, 5.74) is 2.61. The van der Waals surface area contributed by atoms with Gasteiger partial charge in [0.1, 0.15) is 5.76 Å². The van der Waals surface area contributed by atoms with Crippen molar-refractivity contribution in [3.05, 3.63) is 87.6 Å². The van der Waals surface area contributed by atoms with Crippen molar-refractivity contribution in [3.8, 4) is 0 Å². The summed E-state index contributed by atoms with van der Waals surface area (Å²) in [6, 6.07) is 13.1. The number of carbonyl (C=O) groups is 1. The van der Waals surface area contributed by atoms with Gasteiger partial charge in [0.2, 0.25) is 0 Å². The van der Waals surface area contributed by atoms with Crippen LogP contribution in [0.15, 0.2) is 60.9 Å². The molecule has 0 fully saturated rings. The highest BCUT2D eigenvalue weighted by Gasteiger charge is 2.28. The molecule has 33 heavy (non-hydrogen) atoms. The highest BCUT2D eigenvalue weighted by molar-refractivity contribution is 6.39. The van der Waals surface area contributed by atoms with Gasteiger partial charge in [0.05, 0.1) is 35.4 Å². The Morgan fingerprint density at radius 1 is 1.09 bits per heavy atom. The SMILES string of the molecule is C=C(OC)C(C/C=C/c1ccc(C(CC)(CC)COC)cc1)NC(=O)c1c(Cl)cccc1Cl. The number of rotatable bonds is 12. The fraction of sp³-hybridized carbons (Fsp3) is 0.370. The van der Waals surface area contributed by atoms with Gasteiger partial charge in [-0.25, -0.2) is 0 Å². The van der Waals surface area contributed by atoms with Gasteiger partial charge >= 0.3 is 0 Å². The Labute approximate surface area is 207 Å². The molecule has 0 spiro atoms. The van der Waals surface area contributed by atoms with E-state index in [9.17, 15) is 4.79 Å². The molecule has 0 saturated carbocycles. The van der Waals surface area contributed by atoms with Crippen molar-refractivity contribution < 1.29 is 14.3 Å². The second-order valence-electron chi connectivity index (χ2n) is 7.97. The molecule has 0 heterocycles. The van der Waals surface area contributed by atoms with E-state index in [0.29, 0.717) is 28.8 Å². The molecule has 2 aromatic carbocycles. The fourth-order valence-corrected chi connectivity index (χ4v) is 4.44. The van der Waals surface area contributed by atoms with Crippen LogP contribution in [0.1, 0.15) is 54.6 Å². The van der Waals surface area contributed by atoms with E-state index in [4.69, 9.17) is 32.7 Å².